The number of hydrogen-bond donors (Lipinski definition) is 2. The first-order valence-corrected chi connectivity index (χ1v) is 15.4. The van der Waals surface area contributed by atoms with Crippen LogP contribution in [0.4, 0.5) is 8.78 Å². The molecule has 1 amide bonds. The third kappa shape index (κ3) is 6.30. The summed E-state index contributed by atoms with van der Waals surface area (Å²) in [7, 11) is 0. The SMILES string of the molecule is CCn1nccc1C(=O)N[C@@H](c1nc2c(F)cc(CN3CCN(SC)CC3)c(F)c2[nH]1)C1CCCCCCC1. The van der Waals surface area contributed by atoms with Crippen LogP contribution in [0.3, 0.4) is 0 Å². The number of hydrogen-bond acceptors (Lipinski definition) is 6. The maximum atomic E-state index is 15.8. The van der Waals surface area contributed by atoms with E-state index in [9.17, 15) is 4.79 Å². The molecule has 1 saturated heterocycles. The number of nitrogens with zero attached hydrogens (tertiary/aromatic N) is 5. The predicted octanol–water partition coefficient (Wildman–Crippen LogP) is 5.28. The molecule has 1 aliphatic carbocycles. The van der Waals surface area contributed by atoms with Crippen molar-refractivity contribution in [1.29, 1.82) is 0 Å². The Balaban J connectivity index is 1.45. The number of imidazole rings is 1. The van der Waals surface area contributed by atoms with Gasteiger partial charge in [-0.15, -0.1) is 0 Å². The fourth-order valence-corrected chi connectivity index (χ4v) is 6.49. The van der Waals surface area contributed by atoms with E-state index in [1.54, 1.807) is 28.9 Å². The van der Waals surface area contributed by atoms with Gasteiger partial charge in [0.25, 0.3) is 5.91 Å². The van der Waals surface area contributed by atoms with Crippen molar-refractivity contribution in [2.24, 2.45) is 5.92 Å². The summed E-state index contributed by atoms with van der Waals surface area (Å²) in [6.45, 7) is 6.24. The highest BCUT2D eigenvalue weighted by atomic mass is 32.2. The summed E-state index contributed by atoms with van der Waals surface area (Å²) in [4.78, 5) is 23.2. The second-order valence-electron chi connectivity index (χ2n) is 10.7. The number of rotatable bonds is 8. The van der Waals surface area contributed by atoms with Crippen LogP contribution in [0.2, 0.25) is 0 Å². The minimum atomic E-state index is -0.543. The topological polar surface area (TPSA) is 82.1 Å². The number of aromatic nitrogens is 4. The van der Waals surface area contributed by atoms with Crippen molar-refractivity contribution < 1.29 is 13.6 Å². The molecule has 11 heteroatoms. The van der Waals surface area contributed by atoms with Gasteiger partial charge in [0.15, 0.2) is 11.6 Å². The van der Waals surface area contributed by atoms with Crippen molar-refractivity contribution in [3.8, 4) is 0 Å². The molecular weight excluding hydrogens is 520 g/mol. The number of H-pyrrole nitrogens is 1. The molecule has 1 aliphatic heterocycles. The number of nitrogens with one attached hydrogen (secondary N) is 2. The highest BCUT2D eigenvalue weighted by Gasteiger charge is 2.31. The second-order valence-corrected chi connectivity index (χ2v) is 11.5. The van der Waals surface area contributed by atoms with E-state index in [0.717, 1.165) is 64.7 Å². The minimum Gasteiger partial charge on any atom is -0.340 e. The fourth-order valence-electron chi connectivity index (χ4n) is 5.97. The van der Waals surface area contributed by atoms with Crippen molar-refractivity contribution in [3.05, 3.63) is 47.0 Å². The molecule has 1 atom stereocenters. The first-order chi connectivity index (χ1) is 19.0. The zero-order valence-electron chi connectivity index (χ0n) is 22.9. The van der Waals surface area contributed by atoms with Gasteiger partial charge in [0, 0.05) is 51.0 Å². The van der Waals surface area contributed by atoms with Crippen LogP contribution in [-0.4, -0.2) is 67.3 Å². The van der Waals surface area contributed by atoms with Crippen LogP contribution in [-0.2, 0) is 13.1 Å². The van der Waals surface area contributed by atoms with Gasteiger partial charge in [-0.1, -0.05) is 44.1 Å². The van der Waals surface area contributed by atoms with Crippen molar-refractivity contribution in [1.82, 2.24) is 34.3 Å². The number of piperazine rings is 1. The maximum Gasteiger partial charge on any atom is 0.270 e. The van der Waals surface area contributed by atoms with E-state index >= 15 is 8.78 Å². The summed E-state index contributed by atoms with van der Waals surface area (Å²) in [5.74, 6) is -0.739. The van der Waals surface area contributed by atoms with Gasteiger partial charge in [-0.3, -0.25) is 14.4 Å². The first kappa shape index (κ1) is 28.0. The van der Waals surface area contributed by atoms with Crippen LogP contribution in [0.1, 0.15) is 79.8 Å². The lowest BCUT2D eigenvalue weighted by atomic mass is 9.85. The largest absolute Gasteiger partial charge is 0.340 e. The van der Waals surface area contributed by atoms with Crippen LogP contribution in [0.5, 0.6) is 0 Å². The number of carbonyl (C=O) groups excluding carboxylic acids is 1. The molecule has 5 rings (SSSR count). The summed E-state index contributed by atoms with van der Waals surface area (Å²) in [6, 6.07) is 2.49. The van der Waals surface area contributed by atoms with E-state index in [0.29, 0.717) is 30.2 Å². The number of amides is 1. The molecule has 2 aliphatic rings. The molecule has 8 nitrogen and oxygen atoms in total. The highest BCUT2D eigenvalue weighted by Crippen LogP contribution is 2.34. The molecule has 212 valence electrons. The van der Waals surface area contributed by atoms with Crippen LogP contribution in [0.25, 0.3) is 11.0 Å². The van der Waals surface area contributed by atoms with Crippen molar-refractivity contribution in [2.45, 2.75) is 71.0 Å². The van der Waals surface area contributed by atoms with E-state index in [1.165, 1.54) is 12.5 Å². The normalized spacial score (nSPS) is 19.2. The average molecular weight is 560 g/mol. The quantitative estimate of drug-likeness (QED) is 0.365. The van der Waals surface area contributed by atoms with E-state index in [4.69, 9.17) is 0 Å². The molecule has 2 fully saturated rings. The van der Waals surface area contributed by atoms with Gasteiger partial charge in [0.05, 0.1) is 6.04 Å². The first-order valence-electron chi connectivity index (χ1n) is 14.2. The van der Waals surface area contributed by atoms with Gasteiger partial charge >= 0.3 is 0 Å². The van der Waals surface area contributed by atoms with Gasteiger partial charge in [-0.05, 0) is 44.1 Å². The van der Waals surface area contributed by atoms with Gasteiger partial charge in [0.1, 0.15) is 22.6 Å². The Bertz CT molecular complexity index is 1260. The number of carbonyl (C=O) groups is 1. The van der Waals surface area contributed by atoms with Gasteiger partial charge in [-0.2, -0.15) is 5.10 Å². The Morgan fingerprint density at radius 3 is 2.56 bits per heavy atom. The highest BCUT2D eigenvalue weighted by molar-refractivity contribution is 7.96. The fraction of sp³-hybridized carbons (Fsp3) is 0.607. The van der Waals surface area contributed by atoms with E-state index in [1.807, 2.05) is 6.92 Å². The molecule has 0 spiro atoms. The van der Waals surface area contributed by atoms with Crippen LogP contribution >= 0.6 is 11.9 Å². The summed E-state index contributed by atoms with van der Waals surface area (Å²) in [6.07, 6.45) is 11.1. The Morgan fingerprint density at radius 1 is 1.15 bits per heavy atom. The van der Waals surface area contributed by atoms with Crippen molar-refractivity contribution >= 4 is 28.9 Å². The van der Waals surface area contributed by atoms with Crippen LogP contribution < -0.4 is 5.32 Å². The summed E-state index contributed by atoms with van der Waals surface area (Å²) in [5.41, 5.74) is 0.852. The summed E-state index contributed by atoms with van der Waals surface area (Å²) >= 11 is 1.71. The van der Waals surface area contributed by atoms with Crippen molar-refractivity contribution in [2.75, 3.05) is 32.4 Å². The molecule has 3 aromatic rings. The molecule has 0 unspecified atom stereocenters. The second kappa shape index (κ2) is 12.8. The smallest absolute Gasteiger partial charge is 0.270 e. The Labute approximate surface area is 233 Å². The molecule has 1 saturated carbocycles. The van der Waals surface area contributed by atoms with E-state index in [2.05, 4.69) is 35.8 Å². The Kier molecular flexibility index (Phi) is 9.19. The van der Waals surface area contributed by atoms with Gasteiger partial charge < -0.3 is 10.3 Å². The van der Waals surface area contributed by atoms with E-state index < -0.39 is 17.7 Å². The number of halogens is 2. The van der Waals surface area contributed by atoms with Gasteiger partial charge in [0.2, 0.25) is 0 Å². The molecule has 0 radical (unpaired) electrons. The van der Waals surface area contributed by atoms with Crippen molar-refractivity contribution in [3.63, 3.8) is 0 Å². The number of benzene rings is 1. The molecule has 2 N–H and O–H groups in total. The van der Waals surface area contributed by atoms with Crippen LogP contribution in [0.15, 0.2) is 18.3 Å². The third-order valence-electron chi connectivity index (χ3n) is 8.19. The van der Waals surface area contributed by atoms with Gasteiger partial charge in [-0.25, -0.2) is 18.1 Å². The minimum absolute atomic E-state index is 0.0119. The summed E-state index contributed by atoms with van der Waals surface area (Å²) in [5, 5.41) is 7.39. The molecule has 3 heterocycles. The molecule has 39 heavy (non-hydrogen) atoms. The standard InChI is InChI=1S/C28H39F2N7OS/c1-3-37-22(11-12-31-37)28(38)34-24(19-9-7-5-4-6-8-10-19)27-32-25-21(29)17-20(23(30)26(25)33-27)18-35-13-15-36(39-2)16-14-35/h11-12,17,19,24H,3-10,13-16,18H2,1-2H3,(H,32,33)(H,34,38)/t24-/m1/s1. The number of fused-ring (bicyclic) bond motifs is 1. The lowest BCUT2D eigenvalue weighted by Crippen LogP contribution is -2.42. The van der Waals surface area contributed by atoms with E-state index in [-0.39, 0.29) is 22.9 Å². The third-order valence-corrected chi connectivity index (χ3v) is 9.07. The average Bonchev–Trinajstić information content (AvgIpc) is 3.59. The number of aryl methyl sites for hydroxylation is 1. The maximum absolute atomic E-state index is 15.8. The summed E-state index contributed by atoms with van der Waals surface area (Å²) < 4.78 is 35.1. The molecule has 1 aromatic carbocycles. The number of aromatic amines is 1. The Morgan fingerprint density at radius 2 is 1.87 bits per heavy atom. The lowest BCUT2D eigenvalue weighted by molar-refractivity contribution is 0.0901. The molecule has 0 bridgehead atoms. The predicted molar refractivity (Wildman–Crippen MR) is 150 cm³/mol. The Hall–Kier alpha value is -2.50. The zero-order valence-corrected chi connectivity index (χ0v) is 23.7. The zero-order chi connectivity index (χ0) is 27.4. The molecule has 2 aromatic heterocycles. The van der Waals surface area contributed by atoms with Crippen LogP contribution in [0, 0.1) is 17.6 Å². The lowest BCUT2D eigenvalue weighted by Gasteiger charge is -2.33. The molecular formula is C28H39F2N7OS. The monoisotopic (exact) mass is 559 g/mol.